The SMILES string of the molecule is CNC(Cl)c1ccc(OC(C)=O)cc1. The summed E-state index contributed by atoms with van der Waals surface area (Å²) < 4.78 is 4.88. The van der Waals surface area contributed by atoms with Crippen LogP contribution in [0.25, 0.3) is 0 Å². The Morgan fingerprint density at radius 1 is 1.43 bits per heavy atom. The lowest BCUT2D eigenvalue weighted by atomic mass is 10.2. The van der Waals surface area contributed by atoms with E-state index in [0.717, 1.165) is 5.56 Å². The van der Waals surface area contributed by atoms with E-state index in [4.69, 9.17) is 16.3 Å². The maximum Gasteiger partial charge on any atom is 0.308 e. The molecular weight excluding hydrogens is 202 g/mol. The van der Waals surface area contributed by atoms with Gasteiger partial charge in [0.1, 0.15) is 11.3 Å². The van der Waals surface area contributed by atoms with Gasteiger partial charge in [-0.15, -0.1) is 11.6 Å². The molecule has 76 valence electrons. The number of nitrogens with one attached hydrogen (secondary N) is 1. The highest BCUT2D eigenvalue weighted by atomic mass is 35.5. The van der Waals surface area contributed by atoms with Crippen molar-refractivity contribution in [2.75, 3.05) is 7.05 Å². The van der Waals surface area contributed by atoms with E-state index in [1.807, 2.05) is 12.1 Å². The zero-order chi connectivity index (χ0) is 10.6. The van der Waals surface area contributed by atoms with Gasteiger partial charge in [-0.2, -0.15) is 0 Å². The van der Waals surface area contributed by atoms with Crippen LogP contribution < -0.4 is 10.1 Å². The predicted molar refractivity (Wildman–Crippen MR) is 55.4 cm³/mol. The molecule has 1 rings (SSSR count). The molecule has 0 saturated heterocycles. The summed E-state index contributed by atoms with van der Waals surface area (Å²) in [5, 5.41) is 2.90. The van der Waals surface area contributed by atoms with Gasteiger partial charge in [0, 0.05) is 6.92 Å². The van der Waals surface area contributed by atoms with Crippen LogP contribution in [0.3, 0.4) is 0 Å². The number of hydrogen-bond donors (Lipinski definition) is 1. The standard InChI is InChI=1S/C10H12ClNO2/c1-7(13)14-9-5-3-8(4-6-9)10(11)12-2/h3-6,10,12H,1-2H3. The number of esters is 1. The molecule has 0 spiro atoms. The molecule has 1 unspecified atom stereocenters. The third-order valence-corrected chi connectivity index (χ3v) is 2.16. The summed E-state index contributed by atoms with van der Waals surface area (Å²) in [6.07, 6.45) is 0. The van der Waals surface area contributed by atoms with Crippen LogP contribution >= 0.6 is 11.6 Å². The molecule has 0 heterocycles. The minimum atomic E-state index is -0.325. The summed E-state index contributed by atoms with van der Waals surface area (Å²) in [6.45, 7) is 1.37. The number of carbonyl (C=O) groups is 1. The molecule has 0 bridgehead atoms. The van der Waals surface area contributed by atoms with E-state index in [1.54, 1.807) is 19.2 Å². The molecule has 3 nitrogen and oxygen atoms in total. The largest absolute Gasteiger partial charge is 0.427 e. The van der Waals surface area contributed by atoms with Gasteiger partial charge in [0.15, 0.2) is 0 Å². The molecular formula is C10H12ClNO2. The molecule has 14 heavy (non-hydrogen) atoms. The van der Waals surface area contributed by atoms with Gasteiger partial charge in [-0.1, -0.05) is 12.1 Å². The maximum atomic E-state index is 10.6. The normalized spacial score (nSPS) is 12.2. The fourth-order valence-corrected chi connectivity index (χ4v) is 1.18. The second kappa shape index (κ2) is 4.98. The molecule has 0 aromatic heterocycles. The second-order valence-corrected chi connectivity index (χ2v) is 3.25. The Labute approximate surface area is 88.0 Å². The molecule has 0 aliphatic heterocycles. The van der Waals surface area contributed by atoms with Crippen molar-refractivity contribution < 1.29 is 9.53 Å². The zero-order valence-electron chi connectivity index (χ0n) is 8.08. The number of rotatable bonds is 3. The summed E-state index contributed by atoms with van der Waals surface area (Å²) in [5.41, 5.74) is 0.714. The van der Waals surface area contributed by atoms with Gasteiger partial charge in [0.05, 0.1) is 0 Å². The highest BCUT2D eigenvalue weighted by Gasteiger charge is 2.04. The van der Waals surface area contributed by atoms with Crippen molar-refractivity contribution in [2.45, 2.75) is 12.4 Å². The lowest BCUT2D eigenvalue weighted by Gasteiger charge is -2.08. The van der Waals surface area contributed by atoms with Crippen LogP contribution in [0.1, 0.15) is 18.0 Å². The maximum absolute atomic E-state index is 10.6. The van der Waals surface area contributed by atoms with Gasteiger partial charge in [0.25, 0.3) is 0 Å². The number of hydrogen-bond acceptors (Lipinski definition) is 3. The fraction of sp³-hybridized carbons (Fsp3) is 0.300. The Kier molecular flexibility index (Phi) is 3.92. The van der Waals surface area contributed by atoms with Crippen molar-refractivity contribution in [3.63, 3.8) is 0 Å². The van der Waals surface area contributed by atoms with Crippen molar-refractivity contribution in [3.8, 4) is 5.75 Å². The van der Waals surface area contributed by atoms with Crippen molar-refractivity contribution in [3.05, 3.63) is 29.8 Å². The van der Waals surface area contributed by atoms with Crippen LogP contribution in [0.4, 0.5) is 0 Å². The van der Waals surface area contributed by atoms with Crippen molar-refractivity contribution >= 4 is 17.6 Å². The van der Waals surface area contributed by atoms with E-state index in [2.05, 4.69) is 5.32 Å². The summed E-state index contributed by atoms with van der Waals surface area (Å²) in [5.74, 6) is 0.204. The third kappa shape index (κ3) is 3.01. The van der Waals surface area contributed by atoms with Crippen molar-refractivity contribution in [2.24, 2.45) is 0 Å². The molecule has 0 amide bonds. The summed E-state index contributed by atoms with van der Waals surface area (Å²) in [6, 6.07) is 7.05. The van der Waals surface area contributed by atoms with Gasteiger partial charge in [-0.25, -0.2) is 0 Å². The van der Waals surface area contributed by atoms with Gasteiger partial charge >= 0.3 is 5.97 Å². The molecule has 0 aliphatic carbocycles. The smallest absolute Gasteiger partial charge is 0.308 e. The average Bonchev–Trinajstić information content (AvgIpc) is 2.17. The number of benzene rings is 1. The van der Waals surface area contributed by atoms with Crippen LogP contribution in [0.2, 0.25) is 0 Å². The van der Waals surface area contributed by atoms with E-state index in [0.29, 0.717) is 5.75 Å². The Balaban J connectivity index is 2.73. The fourth-order valence-electron chi connectivity index (χ4n) is 1.04. The van der Waals surface area contributed by atoms with E-state index >= 15 is 0 Å². The lowest BCUT2D eigenvalue weighted by Crippen LogP contribution is -2.09. The van der Waals surface area contributed by atoms with Crippen LogP contribution in [0.15, 0.2) is 24.3 Å². The van der Waals surface area contributed by atoms with E-state index < -0.39 is 0 Å². The molecule has 0 saturated carbocycles. The van der Waals surface area contributed by atoms with Crippen molar-refractivity contribution in [1.82, 2.24) is 5.32 Å². The number of carbonyl (C=O) groups excluding carboxylic acids is 1. The average molecular weight is 214 g/mol. The summed E-state index contributed by atoms with van der Waals surface area (Å²) >= 11 is 5.93. The topological polar surface area (TPSA) is 38.3 Å². The monoisotopic (exact) mass is 213 g/mol. The number of alkyl halides is 1. The number of halogens is 1. The molecule has 1 N–H and O–H groups in total. The first kappa shape index (κ1) is 11.0. The number of ether oxygens (including phenoxy) is 1. The van der Waals surface area contributed by atoms with E-state index in [9.17, 15) is 4.79 Å². The quantitative estimate of drug-likeness (QED) is 0.362. The molecule has 0 fully saturated rings. The third-order valence-electron chi connectivity index (χ3n) is 1.69. The van der Waals surface area contributed by atoms with E-state index in [-0.39, 0.29) is 11.5 Å². The van der Waals surface area contributed by atoms with Crippen LogP contribution in [0.5, 0.6) is 5.75 Å². The minimum Gasteiger partial charge on any atom is -0.427 e. The van der Waals surface area contributed by atoms with E-state index in [1.165, 1.54) is 6.92 Å². The van der Waals surface area contributed by atoms with Gasteiger partial charge in [0.2, 0.25) is 0 Å². The Hall–Kier alpha value is -1.06. The zero-order valence-corrected chi connectivity index (χ0v) is 8.84. The highest BCUT2D eigenvalue weighted by Crippen LogP contribution is 2.20. The van der Waals surface area contributed by atoms with Crippen LogP contribution in [-0.4, -0.2) is 13.0 Å². The summed E-state index contributed by atoms with van der Waals surface area (Å²) in [4.78, 5) is 10.6. The van der Waals surface area contributed by atoms with Gasteiger partial charge in [-0.05, 0) is 24.7 Å². The molecule has 1 atom stereocenters. The molecule has 1 aromatic rings. The molecule has 4 heteroatoms. The molecule has 0 aliphatic rings. The predicted octanol–water partition coefficient (Wildman–Crippen LogP) is 2.07. The second-order valence-electron chi connectivity index (χ2n) is 2.81. The van der Waals surface area contributed by atoms with Crippen molar-refractivity contribution in [1.29, 1.82) is 0 Å². The Morgan fingerprint density at radius 3 is 2.43 bits per heavy atom. The molecule has 1 aromatic carbocycles. The first-order valence-corrected chi connectivity index (χ1v) is 4.67. The minimum absolute atomic E-state index is 0.221. The Bertz CT molecular complexity index is 310. The van der Waals surface area contributed by atoms with Gasteiger partial charge < -0.3 is 10.1 Å². The highest BCUT2D eigenvalue weighted by molar-refractivity contribution is 6.20. The van der Waals surface area contributed by atoms with Crippen LogP contribution in [-0.2, 0) is 4.79 Å². The first-order valence-electron chi connectivity index (χ1n) is 4.23. The van der Waals surface area contributed by atoms with Gasteiger partial charge in [-0.3, -0.25) is 4.79 Å². The molecule has 0 radical (unpaired) electrons. The lowest BCUT2D eigenvalue weighted by molar-refractivity contribution is -0.131. The summed E-state index contributed by atoms with van der Waals surface area (Å²) in [7, 11) is 1.78. The Morgan fingerprint density at radius 2 is 2.00 bits per heavy atom. The first-order chi connectivity index (χ1) is 6.63. The van der Waals surface area contributed by atoms with Crippen LogP contribution in [0, 0.1) is 0 Å².